The topological polar surface area (TPSA) is 75.6 Å². The van der Waals surface area contributed by atoms with E-state index in [1.165, 1.54) is 0 Å². The minimum absolute atomic E-state index is 0.0151. The average molecular weight is 466 g/mol. The molecule has 2 aromatic carbocycles. The van der Waals surface area contributed by atoms with Crippen LogP contribution < -0.4 is 5.32 Å². The van der Waals surface area contributed by atoms with E-state index in [9.17, 15) is 14.7 Å². The van der Waals surface area contributed by atoms with Gasteiger partial charge in [-0.25, -0.2) is 4.79 Å². The number of halogens is 1. The molecule has 33 heavy (non-hydrogen) atoms. The van der Waals surface area contributed by atoms with Crippen LogP contribution in [0.4, 0.5) is 0 Å². The number of hydrogen-bond donors (Lipinski definition) is 2. The Morgan fingerprint density at radius 1 is 1.15 bits per heavy atom. The molecule has 0 radical (unpaired) electrons. The van der Waals surface area contributed by atoms with E-state index in [2.05, 4.69) is 5.32 Å². The van der Waals surface area contributed by atoms with E-state index in [0.29, 0.717) is 46.9 Å². The molecule has 0 bridgehead atoms. The highest BCUT2D eigenvalue weighted by molar-refractivity contribution is 6.30. The molecule has 0 saturated heterocycles. The van der Waals surface area contributed by atoms with Crippen molar-refractivity contribution < 1.29 is 19.4 Å². The molecule has 0 fully saturated rings. The highest BCUT2D eigenvalue weighted by Gasteiger charge is 2.41. The SMILES string of the molecule is CC1=C(C(=O)OCC(C)C)[C@@H](c2cccc(O)c2)C2=C(C[C@H](c3ccc(Cl)cc3)CC2=O)N1. The van der Waals surface area contributed by atoms with Gasteiger partial charge in [0.05, 0.1) is 12.2 Å². The Balaban J connectivity index is 1.76. The van der Waals surface area contributed by atoms with E-state index in [4.69, 9.17) is 16.3 Å². The van der Waals surface area contributed by atoms with Gasteiger partial charge in [0.2, 0.25) is 0 Å². The molecule has 2 aliphatic rings. The van der Waals surface area contributed by atoms with Gasteiger partial charge in [-0.1, -0.05) is 49.7 Å². The van der Waals surface area contributed by atoms with Crippen molar-refractivity contribution in [3.05, 3.63) is 87.2 Å². The second-order valence-corrected chi connectivity index (χ2v) is 9.59. The van der Waals surface area contributed by atoms with E-state index in [0.717, 1.165) is 11.3 Å². The van der Waals surface area contributed by atoms with E-state index >= 15 is 0 Å². The Hall–Kier alpha value is -3.05. The molecule has 2 N–H and O–H groups in total. The standard InChI is InChI=1S/C27H28ClNO4/c1-15(2)14-33-27(32)24-16(3)29-22-12-19(17-7-9-20(28)10-8-17)13-23(31)26(22)25(24)18-5-4-6-21(30)11-18/h4-11,15,19,25,29-30H,12-14H2,1-3H3/t19-,25+/m0/s1. The fraction of sp³-hybridized carbons (Fsp3) is 0.333. The maximum Gasteiger partial charge on any atom is 0.336 e. The van der Waals surface area contributed by atoms with Gasteiger partial charge >= 0.3 is 5.97 Å². The van der Waals surface area contributed by atoms with Gasteiger partial charge in [-0.05, 0) is 60.6 Å². The number of nitrogens with one attached hydrogen (secondary N) is 1. The van der Waals surface area contributed by atoms with Gasteiger partial charge in [0.25, 0.3) is 0 Å². The molecule has 1 aliphatic heterocycles. The zero-order chi connectivity index (χ0) is 23.7. The van der Waals surface area contributed by atoms with Crippen molar-refractivity contribution in [2.24, 2.45) is 5.92 Å². The summed E-state index contributed by atoms with van der Waals surface area (Å²) in [6, 6.07) is 14.3. The number of carbonyl (C=O) groups excluding carboxylic acids is 2. The fourth-order valence-electron chi connectivity index (χ4n) is 4.64. The number of allylic oxidation sites excluding steroid dienone is 3. The molecule has 6 heteroatoms. The summed E-state index contributed by atoms with van der Waals surface area (Å²) < 4.78 is 5.57. The first-order valence-corrected chi connectivity index (χ1v) is 11.6. The summed E-state index contributed by atoms with van der Waals surface area (Å²) in [5.74, 6) is -0.750. The lowest BCUT2D eigenvalue weighted by Crippen LogP contribution is -2.36. The van der Waals surface area contributed by atoms with Gasteiger partial charge in [-0.15, -0.1) is 0 Å². The van der Waals surface area contributed by atoms with Crippen molar-refractivity contribution >= 4 is 23.4 Å². The number of aromatic hydroxyl groups is 1. The normalized spacial score (nSPS) is 20.6. The van der Waals surface area contributed by atoms with Crippen LogP contribution in [0.1, 0.15) is 56.6 Å². The lowest BCUT2D eigenvalue weighted by atomic mass is 9.71. The number of esters is 1. The first kappa shape index (κ1) is 23.1. The van der Waals surface area contributed by atoms with Crippen LogP contribution >= 0.6 is 11.6 Å². The van der Waals surface area contributed by atoms with Gasteiger partial charge in [0, 0.05) is 34.3 Å². The smallest absolute Gasteiger partial charge is 0.336 e. The zero-order valence-electron chi connectivity index (χ0n) is 19.0. The molecule has 2 atom stereocenters. The van der Waals surface area contributed by atoms with Crippen molar-refractivity contribution in [3.8, 4) is 5.75 Å². The van der Waals surface area contributed by atoms with Gasteiger partial charge in [0.15, 0.2) is 5.78 Å². The molecule has 2 aromatic rings. The molecule has 0 spiro atoms. The van der Waals surface area contributed by atoms with Crippen molar-refractivity contribution in [1.29, 1.82) is 0 Å². The summed E-state index contributed by atoms with van der Waals surface area (Å²) in [5.41, 5.74) is 4.22. The summed E-state index contributed by atoms with van der Waals surface area (Å²) in [7, 11) is 0. The minimum atomic E-state index is -0.591. The Morgan fingerprint density at radius 3 is 2.55 bits per heavy atom. The van der Waals surface area contributed by atoms with Gasteiger partial charge in [0.1, 0.15) is 5.75 Å². The van der Waals surface area contributed by atoms with Crippen LogP contribution in [0.3, 0.4) is 0 Å². The summed E-state index contributed by atoms with van der Waals surface area (Å²) in [6.45, 7) is 6.08. The van der Waals surface area contributed by atoms with Crippen molar-refractivity contribution in [2.75, 3.05) is 6.61 Å². The Kier molecular flexibility index (Phi) is 6.61. The maximum atomic E-state index is 13.5. The monoisotopic (exact) mass is 465 g/mol. The third-order valence-electron chi connectivity index (χ3n) is 6.14. The van der Waals surface area contributed by atoms with Crippen molar-refractivity contribution in [3.63, 3.8) is 0 Å². The molecule has 5 nitrogen and oxygen atoms in total. The number of Topliss-reactive ketones (excluding diaryl/α,β-unsaturated/α-hetero) is 1. The molecule has 4 rings (SSSR count). The minimum Gasteiger partial charge on any atom is -0.508 e. The number of ether oxygens (including phenoxy) is 1. The number of phenols is 1. The largest absolute Gasteiger partial charge is 0.508 e. The molecule has 172 valence electrons. The van der Waals surface area contributed by atoms with Crippen LogP contribution in [0, 0.1) is 5.92 Å². The maximum absolute atomic E-state index is 13.5. The third-order valence-corrected chi connectivity index (χ3v) is 6.39. The van der Waals surface area contributed by atoms with Crippen molar-refractivity contribution in [2.45, 2.75) is 45.4 Å². The summed E-state index contributed by atoms with van der Waals surface area (Å²) in [4.78, 5) is 26.7. The second kappa shape index (κ2) is 9.44. The third kappa shape index (κ3) is 4.83. The van der Waals surface area contributed by atoms with E-state index < -0.39 is 11.9 Å². The lowest BCUT2D eigenvalue weighted by Gasteiger charge is -2.36. The number of phenolic OH excluding ortho intramolecular Hbond substituents is 1. The molecule has 1 heterocycles. The van der Waals surface area contributed by atoms with Crippen LogP contribution in [-0.4, -0.2) is 23.5 Å². The molecule has 0 unspecified atom stereocenters. The number of hydrogen-bond acceptors (Lipinski definition) is 5. The first-order valence-electron chi connectivity index (χ1n) is 11.2. The number of benzene rings is 2. The summed E-state index contributed by atoms with van der Waals surface area (Å²) in [6.07, 6.45) is 0.981. The van der Waals surface area contributed by atoms with Crippen LogP contribution in [0.2, 0.25) is 5.02 Å². The highest BCUT2D eigenvalue weighted by Crippen LogP contribution is 2.46. The molecule has 0 amide bonds. The molecular weight excluding hydrogens is 438 g/mol. The van der Waals surface area contributed by atoms with Crippen LogP contribution in [0.15, 0.2) is 71.1 Å². The fourth-order valence-corrected chi connectivity index (χ4v) is 4.76. The quantitative estimate of drug-likeness (QED) is 0.561. The van der Waals surface area contributed by atoms with E-state index in [-0.39, 0.29) is 23.4 Å². The van der Waals surface area contributed by atoms with Crippen LogP contribution in [0.5, 0.6) is 5.75 Å². The Morgan fingerprint density at radius 2 is 1.88 bits per heavy atom. The van der Waals surface area contributed by atoms with Crippen LogP contribution in [-0.2, 0) is 14.3 Å². The predicted molar refractivity (Wildman–Crippen MR) is 128 cm³/mol. The Bertz CT molecular complexity index is 1150. The number of rotatable bonds is 5. The van der Waals surface area contributed by atoms with Gasteiger partial charge in [-0.2, -0.15) is 0 Å². The number of ketones is 1. The van der Waals surface area contributed by atoms with Crippen LogP contribution in [0.25, 0.3) is 0 Å². The molecule has 1 aliphatic carbocycles. The summed E-state index contributed by atoms with van der Waals surface area (Å²) in [5, 5.41) is 14.1. The second-order valence-electron chi connectivity index (χ2n) is 9.16. The first-order chi connectivity index (χ1) is 15.7. The van der Waals surface area contributed by atoms with Gasteiger partial charge in [-0.3, -0.25) is 4.79 Å². The van der Waals surface area contributed by atoms with E-state index in [1.807, 2.05) is 51.1 Å². The average Bonchev–Trinajstić information content (AvgIpc) is 2.76. The van der Waals surface area contributed by atoms with E-state index in [1.54, 1.807) is 18.2 Å². The molecule has 0 saturated carbocycles. The molecular formula is C27H28ClNO4. The van der Waals surface area contributed by atoms with Crippen molar-refractivity contribution in [1.82, 2.24) is 5.32 Å². The Labute approximate surface area is 199 Å². The lowest BCUT2D eigenvalue weighted by molar-refractivity contribution is -0.140. The molecule has 0 aromatic heterocycles. The number of dihydropyridines is 1. The summed E-state index contributed by atoms with van der Waals surface area (Å²) >= 11 is 6.04. The zero-order valence-corrected chi connectivity index (χ0v) is 19.8. The highest BCUT2D eigenvalue weighted by atomic mass is 35.5. The van der Waals surface area contributed by atoms with Gasteiger partial charge < -0.3 is 15.2 Å². The number of carbonyl (C=O) groups is 2. The predicted octanol–water partition coefficient (Wildman–Crippen LogP) is 5.61.